The standard InChI is InChI=1S/C19H20BrN5O3S2/c1-3-28-25-18(21)14-10-9-13(11-30(26,27)22-2)15(23-14)16-17(20)29-19(24-16)12-7-5-4-6-8-12/h4-10,22H,3,11H2,1-2H3,(H2,21,25). The quantitative estimate of drug-likeness (QED) is 0.273. The van der Waals surface area contributed by atoms with Crippen molar-refractivity contribution in [3.05, 3.63) is 57.5 Å². The summed E-state index contributed by atoms with van der Waals surface area (Å²) < 4.78 is 27.4. The second kappa shape index (κ2) is 9.65. The van der Waals surface area contributed by atoms with Crippen LogP contribution in [0.25, 0.3) is 22.0 Å². The average molecular weight is 510 g/mol. The molecule has 0 spiro atoms. The van der Waals surface area contributed by atoms with E-state index in [9.17, 15) is 8.42 Å². The normalized spacial score (nSPS) is 12.2. The third kappa shape index (κ3) is 5.22. The number of thiazole rings is 1. The Kier molecular flexibility index (Phi) is 7.19. The van der Waals surface area contributed by atoms with Crippen molar-refractivity contribution in [2.45, 2.75) is 12.7 Å². The summed E-state index contributed by atoms with van der Waals surface area (Å²) in [5, 5.41) is 4.60. The molecule has 0 unspecified atom stereocenters. The van der Waals surface area contributed by atoms with E-state index in [0.717, 1.165) is 14.4 Å². The van der Waals surface area contributed by atoms with Gasteiger partial charge in [0.1, 0.15) is 23.0 Å². The second-order valence-corrected chi connectivity index (χ2v) is 10.3. The number of amidine groups is 1. The minimum Gasteiger partial charge on any atom is -0.394 e. The predicted octanol–water partition coefficient (Wildman–Crippen LogP) is 3.34. The third-order valence-electron chi connectivity index (χ3n) is 4.02. The fourth-order valence-corrected chi connectivity index (χ4v) is 4.88. The van der Waals surface area contributed by atoms with Crippen LogP contribution in [0.15, 0.2) is 51.4 Å². The molecular weight excluding hydrogens is 490 g/mol. The first-order valence-corrected chi connectivity index (χ1v) is 12.2. The largest absolute Gasteiger partial charge is 0.394 e. The van der Waals surface area contributed by atoms with Gasteiger partial charge in [0.15, 0.2) is 5.84 Å². The molecule has 0 saturated heterocycles. The van der Waals surface area contributed by atoms with Gasteiger partial charge in [0.2, 0.25) is 10.0 Å². The Balaban J connectivity index is 2.14. The van der Waals surface area contributed by atoms with Crippen molar-refractivity contribution in [3.63, 3.8) is 0 Å². The minimum absolute atomic E-state index is 0.0933. The highest BCUT2D eigenvalue weighted by Gasteiger charge is 2.21. The summed E-state index contributed by atoms with van der Waals surface area (Å²) in [6.07, 6.45) is 0. The molecule has 0 fully saturated rings. The van der Waals surface area contributed by atoms with Crippen molar-refractivity contribution in [2.75, 3.05) is 13.7 Å². The molecule has 3 rings (SSSR count). The van der Waals surface area contributed by atoms with Gasteiger partial charge in [-0.1, -0.05) is 41.6 Å². The van der Waals surface area contributed by atoms with Crippen LogP contribution in [0, 0.1) is 0 Å². The molecule has 30 heavy (non-hydrogen) atoms. The number of oxime groups is 1. The molecule has 0 saturated carbocycles. The van der Waals surface area contributed by atoms with Crippen LogP contribution in [0.1, 0.15) is 18.2 Å². The molecule has 3 aromatic rings. The van der Waals surface area contributed by atoms with Crippen LogP contribution in [0.4, 0.5) is 0 Å². The monoisotopic (exact) mass is 509 g/mol. The Morgan fingerprint density at radius 1 is 1.20 bits per heavy atom. The summed E-state index contributed by atoms with van der Waals surface area (Å²) in [6, 6.07) is 13.0. The molecule has 0 radical (unpaired) electrons. The summed E-state index contributed by atoms with van der Waals surface area (Å²) in [7, 11) is -2.15. The number of aromatic nitrogens is 2. The first kappa shape index (κ1) is 22.3. The van der Waals surface area contributed by atoms with Crippen molar-refractivity contribution >= 4 is 43.1 Å². The van der Waals surface area contributed by atoms with E-state index in [1.165, 1.54) is 18.4 Å². The molecule has 3 N–H and O–H groups in total. The maximum Gasteiger partial charge on any atom is 0.215 e. The molecule has 2 heterocycles. The topological polar surface area (TPSA) is 120 Å². The smallest absolute Gasteiger partial charge is 0.215 e. The molecule has 0 amide bonds. The lowest BCUT2D eigenvalue weighted by atomic mass is 10.1. The zero-order valence-electron chi connectivity index (χ0n) is 16.3. The van der Waals surface area contributed by atoms with Gasteiger partial charge in [0.25, 0.3) is 0 Å². The van der Waals surface area contributed by atoms with E-state index in [2.05, 4.69) is 30.8 Å². The van der Waals surface area contributed by atoms with Crippen LogP contribution in [0.5, 0.6) is 0 Å². The van der Waals surface area contributed by atoms with Crippen LogP contribution in [0.3, 0.4) is 0 Å². The van der Waals surface area contributed by atoms with Gasteiger partial charge in [0, 0.05) is 5.56 Å². The number of nitrogens with zero attached hydrogens (tertiary/aromatic N) is 3. The Labute approximate surface area is 187 Å². The number of rotatable bonds is 8. The average Bonchev–Trinajstić information content (AvgIpc) is 3.14. The van der Waals surface area contributed by atoms with E-state index in [4.69, 9.17) is 15.6 Å². The van der Waals surface area contributed by atoms with Crippen molar-refractivity contribution in [1.82, 2.24) is 14.7 Å². The molecule has 11 heteroatoms. The van der Waals surface area contributed by atoms with Gasteiger partial charge in [-0.3, -0.25) is 0 Å². The highest BCUT2D eigenvalue weighted by Crippen LogP contribution is 2.38. The third-order valence-corrected chi connectivity index (χ3v) is 7.09. The molecule has 0 aliphatic heterocycles. The number of halogens is 1. The number of nitrogens with two attached hydrogens (primary N) is 1. The van der Waals surface area contributed by atoms with E-state index >= 15 is 0 Å². The minimum atomic E-state index is -3.52. The van der Waals surface area contributed by atoms with E-state index in [1.807, 2.05) is 30.3 Å². The van der Waals surface area contributed by atoms with Crippen molar-refractivity contribution in [2.24, 2.45) is 10.9 Å². The number of benzene rings is 1. The summed E-state index contributed by atoms with van der Waals surface area (Å²) in [4.78, 5) is 14.3. The molecule has 0 aliphatic carbocycles. The van der Waals surface area contributed by atoms with Crippen molar-refractivity contribution < 1.29 is 13.3 Å². The SMILES string of the molecule is CCO/N=C(\N)c1ccc(CS(=O)(=O)NC)c(-c2nc(-c3ccccc3)sc2Br)n1. The molecule has 0 atom stereocenters. The van der Waals surface area contributed by atoms with E-state index in [0.29, 0.717) is 29.3 Å². The fraction of sp³-hybridized carbons (Fsp3) is 0.211. The van der Waals surface area contributed by atoms with E-state index < -0.39 is 10.0 Å². The fourth-order valence-electron chi connectivity index (χ4n) is 2.56. The van der Waals surface area contributed by atoms with Crippen LogP contribution in [-0.2, 0) is 20.6 Å². The molecule has 0 aliphatic rings. The Hall–Kier alpha value is -2.34. The zero-order chi connectivity index (χ0) is 21.7. The molecule has 158 valence electrons. The predicted molar refractivity (Wildman–Crippen MR) is 123 cm³/mol. The lowest BCUT2D eigenvalue weighted by Crippen LogP contribution is -2.22. The Morgan fingerprint density at radius 3 is 2.60 bits per heavy atom. The van der Waals surface area contributed by atoms with Crippen molar-refractivity contribution in [1.29, 1.82) is 0 Å². The summed E-state index contributed by atoms with van der Waals surface area (Å²) in [6.45, 7) is 2.16. The molecule has 0 bridgehead atoms. The van der Waals surface area contributed by atoms with Gasteiger partial charge in [-0.05, 0) is 41.5 Å². The second-order valence-electron chi connectivity index (χ2n) is 6.07. The number of hydrogen-bond donors (Lipinski definition) is 2. The lowest BCUT2D eigenvalue weighted by molar-refractivity contribution is 0.158. The van der Waals surface area contributed by atoms with E-state index in [1.54, 1.807) is 19.1 Å². The van der Waals surface area contributed by atoms with Crippen molar-refractivity contribution in [3.8, 4) is 22.0 Å². The van der Waals surface area contributed by atoms with Crippen LogP contribution in [-0.4, -0.2) is 37.9 Å². The summed E-state index contributed by atoms with van der Waals surface area (Å²) in [5.74, 6) is -0.157. The first-order valence-electron chi connectivity index (χ1n) is 8.93. The van der Waals surface area contributed by atoms with Gasteiger partial charge < -0.3 is 10.6 Å². The van der Waals surface area contributed by atoms with Gasteiger partial charge >= 0.3 is 0 Å². The van der Waals surface area contributed by atoms with Gasteiger partial charge in [0.05, 0.1) is 15.2 Å². The lowest BCUT2D eigenvalue weighted by Gasteiger charge is -2.10. The maximum atomic E-state index is 12.2. The molecule has 1 aromatic carbocycles. The van der Waals surface area contributed by atoms with Gasteiger partial charge in [-0.2, -0.15) is 0 Å². The summed E-state index contributed by atoms with van der Waals surface area (Å²) in [5.41, 5.74) is 8.72. The summed E-state index contributed by atoms with van der Waals surface area (Å²) >= 11 is 4.99. The highest BCUT2D eigenvalue weighted by atomic mass is 79.9. The van der Waals surface area contributed by atoms with E-state index in [-0.39, 0.29) is 11.6 Å². The number of hydrogen-bond acceptors (Lipinski definition) is 7. The number of nitrogens with one attached hydrogen (secondary N) is 1. The number of pyridine rings is 1. The molecule has 8 nitrogen and oxygen atoms in total. The van der Waals surface area contributed by atoms with Gasteiger partial charge in [-0.25, -0.2) is 23.1 Å². The van der Waals surface area contributed by atoms with Crippen LogP contribution >= 0.6 is 27.3 Å². The highest BCUT2D eigenvalue weighted by molar-refractivity contribution is 9.11. The Bertz CT molecular complexity index is 1160. The zero-order valence-corrected chi connectivity index (χ0v) is 19.5. The van der Waals surface area contributed by atoms with Crippen LogP contribution in [0.2, 0.25) is 0 Å². The Morgan fingerprint density at radius 2 is 1.93 bits per heavy atom. The first-order chi connectivity index (χ1) is 14.3. The maximum absolute atomic E-state index is 12.2. The van der Waals surface area contributed by atoms with Crippen LogP contribution < -0.4 is 10.5 Å². The number of sulfonamides is 1. The van der Waals surface area contributed by atoms with Gasteiger partial charge in [-0.15, -0.1) is 11.3 Å². The molecular formula is C19H20BrN5O3S2. The molecule has 2 aromatic heterocycles.